The van der Waals surface area contributed by atoms with Crippen LogP contribution in [-0.4, -0.2) is 46.8 Å². The Bertz CT molecular complexity index is 1420. The Kier molecular flexibility index (Phi) is 11.1. The molecule has 0 spiro atoms. The monoisotopic (exact) mass is 671 g/mol. The van der Waals surface area contributed by atoms with E-state index >= 15 is 0 Å². The minimum absolute atomic E-state index is 0.0104. The quantitative estimate of drug-likeness (QED) is 0.0770. The molecule has 5 N–H and O–H groups in total. The molecule has 2 atom stereocenters. The molecule has 0 saturated heterocycles. The number of fused-ring (bicyclic) bond motifs is 1. The highest BCUT2D eigenvalue weighted by atomic mass is 19.4. The molecular formula is C27H32F9N8O2+. The van der Waals surface area contributed by atoms with Crippen LogP contribution in [0.25, 0.3) is 0 Å². The van der Waals surface area contributed by atoms with Gasteiger partial charge in [0.25, 0.3) is 0 Å². The predicted molar refractivity (Wildman–Crippen MR) is 146 cm³/mol. The zero-order valence-electron chi connectivity index (χ0n) is 24.8. The lowest BCUT2D eigenvalue weighted by molar-refractivity contribution is -0.593. The highest BCUT2D eigenvalue weighted by Crippen LogP contribution is 2.43. The number of nitrogens with zero attached hydrogens (tertiary/aromatic N) is 5. The van der Waals surface area contributed by atoms with Crippen LogP contribution in [0.1, 0.15) is 67.7 Å². The van der Waals surface area contributed by atoms with E-state index in [9.17, 15) is 44.3 Å². The first-order valence-electron chi connectivity index (χ1n) is 13.9. The molecule has 0 radical (unpaired) electrons. The largest absolute Gasteiger partial charge is 0.446 e. The van der Waals surface area contributed by atoms with Gasteiger partial charge in [0, 0.05) is 19.0 Å². The lowest BCUT2D eigenvalue weighted by Gasteiger charge is -2.40. The van der Waals surface area contributed by atoms with Crippen LogP contribution >= 0.6 is 0 Å². The molecule has 2 heterocycles. The van der Waals surface area contributed by atoms with E-state index in [1.807, 2.05) is 0 Å². The summed E-state index contributed by atoms with van der Waals surface area (Å²) < 4.78 is 130. The molecule has 2 aromatic rings. The van der Waals surface area contributed by atoms with E-state index in [2.05, 4.69) is 20.7 Å². The number of halogens is 9. The summed E-state index contributed by atoms with van der Waals surface area (Å²) in [5, 5.41) is 7.28. The Hall–Kier alpha value is -4.16. The summed E-state index contributed by atoms with van der Waals surface area (Å²) >= 11 is 0. The molecule has 19 heteroatoms. The van der Waals surface area contributed by atoms with Crippen LogP contribution in [-0.2, 0) is 29.8 Å². The first-order chi connectivity index (χ1) is 21.3. The van der Waals surface area contributed by atoms with E-state index in [0.29, 0.717) is 18.2 Å². The second kappa shape index (κ2) is 14.1. The number of aromatic nitrogens is 1. The highest BCUT2D eigenvalue weighted by molar-refractivity contribution is 5.90. The maximum absolute atomic E-state index is 13.8. The number of anilines is 1. The van der Waals surface area contributed by atoms with Gasteiger partial charge in [-0.15, -0.1) is 5.43 Å². The minimum atomic E-state index is -5.17. The van der Waals surface area contributed by atoms with Crippen LogP contribution in [0.5, 0.6) is 0 Å². The number of carbonyl (C=O) groups is 1. The number of carbonyl (C=O) groups excluding carboxylic acids is 1. The van der Waals surface area contributed by atoms with E-state index < -0.39 is 77.7 Å². The van der Waals surface area contributed by atoms with Crippen molar-refractivity contribution >= 4 is 17.7 Å². The molecule has 1 amide bonds. The summed E-state index contributed by atoms with van der Waals surface area (Å²) in [4.78, 5) is 18.0. The van der Waals surface area contributed by atoms with E-state index in [1.54, 1.807) is 20.8 Å². The number of amides is 1. The maximum atomic E-state index is 13.8. The number of hydrogen-bond acceptors (Lipinski definition) is 6. The third-order valence-corrected chi connectivity index (χ3v) is 6.78. The summed E-state index contributed by atoms with van der Waals surface area (Å²) in [5.41, 5.74) is 8.27. The molecule has 254 valence electrons. The number of rotatable bonds is 8. The molecule has 0 saturated carbocycles. The SMILES string of the molecule is CC[C@@H]1C[C@H]([N+](Cc2cc(C(F)(F)F)cc(C(F)(F)F)c2)=C(N)NN=NCCN)c2nc(C(F)(F)F)ccc2N1C(=O)OC(C)C. The van der Waals surface area contributed by atoms with Crippen LogP contribution in [0.15, 0.2) is 40.7 Å². The van der Waals surface area contributed by atoms with Crippen LogP contribution in [0.3, 0.4) is 0 Å². The number of ether oxygens (including phenoxy) is 1. The van der Waals surface area contributed by atoms with Crippen molar-refractivity contribution in [2.24, 2.45) is 21.8 Å². The molecular weight excluding hydrogens is 639 g/mol. The first-order valence-corrected chi connectivity index (χ1v) is 13.9. The molecule has 46 heavy (non-hydrogen) atoms. The van der Waals surface area contributed by atoms with E-state index in [-0.39, 0.29) is 43.4 Å². The molecule has 1 aliphatic heterocycles. The number of alkyl halides is 9. The Balaban J connectivity index is 2.31. The number of benzene rings is 1. The molecule has 0 bridgehead atoms. The van der Waals surface area contributed by atoms with Crippen molar-refractivity contribution in [1.29, 1.82) is 0 Å². The summed E-state index contributed by atoms with van der Waals surface area (Å²) in [7, 11) is 0. The van der Waals surface area contributed by atoms with Crippen molar-refractivity contribution in [1.82, 2.24) is 10.4 Å². The van der Waals surface area contributed by atoms with Gasteiger partial charge in [-0.2, -0.15) is 44.6 Å². The second-order valence-electron chi connectivity index (χ2n) is 10.5. The van der Waals surface area contributed by atoms with Gasteiger partial charge in [0.1, 0.15) is 17.4 Å². The average molecular weight is 672 g/mol. The molecule has 1 aromatic heterocycles. The Morgan fingerprint density at radius 2 is 1.67 bits per heavy atom. The fourth-order valence-electron chi connectivity index (χ4n) is 4.80. The highest BCUT2D eigenvalue weighted by Gasteiger charge is 2.44. The van der Waals surface area contributed by atoms with Crippen LogP contribution in [0.2, 0.25) is 0 Å². The van der Waals surface area contributed by atoms with Crippen LogP contribution < -0.4 is 21.8 Å². The standard InChI is InChI=1S/C27H31F9N8O2/c1-4-18-12-20(22-19(44(18)24(45)46-14(2)3)5-6-21(40-22)27(34,35)36)43(23(38)41-42-39-8-7-37)13-15-9-16(25(28,29)30)11-17(10-15)26(31,32)33/h5-6,9-11,14,18,20H,4,7-8,12-13,37H2,1-3H3,(H2,38,39,41)/p+1/t18-,20+/m1/s1. The van der Waals surface area contributed by atoms with Gasteiger partial charge in [0.15, 0.2) is 0 Å². The summed E-state index contributed by atoms with van der Waals surface area (Å²) in [5.74, 6) is -0.491. The number of hydrogen-bond donors (Lipinski definition) is 3. The van der Waals surface area contributed by atoms with Gasteiger partial charge in [-0.1, -0.05) is 6.92 Å². The number of guanidine groups is 1. The first kappa shape index (κ1) is 36.3. The molecule has 0 fully saturated rings. The lowest BCUT2D eigenvalue weighted by Crippen LogP contribution is -2.49. The minimum Gasteiger partial charge on any atom is -0.446 e. The molecule has 10 nitrogen and oxygen atoms in total. The third kappa shape index (κ3) is 8.76. The van der Waals surface area contributed by atoms with Crippen molar-refractivity contribution in [2.75, 3.05) is 18.0 Å². The predicted octanol–water partition coefficient (Wildman–Crippen LogP) is 6.16. The van der Waals surface area contributed by atoms with Gasteiger partial charge in [0.05, 0.1) is 36.0 Å². The summed E-state index contributed by atoms with van der Waals surface area (Å²) in [6, 6.07) is 0.420. The molecule has 1 aliphatic rings. The Labute approximate surface area is 257 Å². The van der Waals surface area contributed by atoms with Crippen molar-refractivity contribution in [2.45, 2.75) is 76.9 Å². The second-order valence-corrected chi connectivity index (χ2v) is 10.5. The normalized spacial score (nSPS) is 18.1. The molecule has 3 rings (SSSR count). The topological polar surface area (TPSA) is 134 Å². The van der Waals surface area contributed by atoms with E-state index in [1.165, 1.54) is 0 Å². The van der Waals surface area contributed by atoms with Gasteiger partial charge in [-0.25, -0.2) is 9.78 Å². The molecule has 1 aromatic carbocycles. The van der Waals surface area contributed by atoms with Crippen molar-refractivity contribution in [3.8, 4) is 0 Å². The Morgan fingerprint density at radius 3 is 2.17 bits per heavy atom. The fourth-order valence-corrected chi connectivity index (χ4v) is 4.80. The number of nitrogens with two attached hydrogens (primary N) is 2. The van der Waals surface area contributed by atoms with Crippen molar-refractivity contribution in [3.05, 3.63) is 58.4 Å². The number of pyridine rings is 1. The maximum Gasteiger partial charge on any atom is 0.433 e. The Morgan fingerprint density at radius 1 is 1.07 bits per heavy atom. The zero-order chi connectivity index (χ0) is 34.6. The number of nitrogens with one attached hydrogen (secondary N) is 1. The van der Waals surface area contributed by atoms with Crippen molar-refractivity contribution in [3.63, 3.8) is 0 Å². The zero-order valence-corrected chi connectivity index (χ0v) is 24.8. The lowest BCUT2D eigenvalue weighted by atomic mass is 9.92. The molecule has 0 unspecified atom stereocenters. The van der Waals surface area contributed by atoms with Crippen molar-refractivity contribution < 1.29 is 53.6 Å². The van der Waals surface area contributed by atoms with E-state index in [4.69, 9.17) is 16.2 Å². The average Bonchev–Trinajstić information content (AvgIpc) is 2.95. The van der Waals surface area contributed by atoms with Crippen LogP contribution in [0.4, 0.5) is 50.0 Å². The van der Waals surface area contributed by atoms with Gasteiger partial charge in [-0.05, 0) is 61.4 Å². The van der Waals surface area contributed by atoms with Crippen LogP contribution in [0, 0.1) is 0 Å². The van der Waals surface area contributed by atoms with Gasteiger partial charge in [-0.3, -0.25) is 15.2 Å². The van der Waals surface area contributed by atoms with Gasteiger partial charge >= 0.3 is 30.6 Å². The third-order valence-electron chi connectivity index (χ3n) is 6.78. The molecule has 0 aliphatic carbocycles. The van der Waals surface area contributed by atoms with Gasteiger partial charge < -0.3 is 10.5 Å². The van der Waals surface area contributed by atoms with E-state index in [0.717, 1.165) is 15.5 Å². The van der Waals surface area contributed by atoms with Gasteiger partial charge in [0.2, 0.25) is 0 Å². The fraction of sp³-hybridized carbons (Fsp3) is 0.519. The smallest absolute Gasteiger partial charge is 0.433 e. The summed E-state index contributed by atoms with van der Waals surface area (Å²) in [6.45, 7) is 4.08. The summed E-state index contributed by atoms with van der Waals surface area (Å²) in [6.07, 6.45) is -16.8.